The molecule has 0 spiro atoms. The van der Waals surface area contributed by atoms with E-state index in [1.165, 1.54) is 11.8 Å². The van der Waals surface area contributed by atoms with Crippen molar-refractivity contribution in [1.29, 1.82) is 0 Å². The summed E-state index contributed by atoms with van der Waals surface area (Å²) in [5.41, 5.74) is 0.795. The number of thioether (sulfide) groups is 1. The third-order valence-corrected chi connectivity index (χ3v) is 4.75. The highest BCUT2D eigenvalue weighted by molar-refractivity contribution is 7.99. The number of carboxylic acid groups (broad SMARTS) is 1. The number of nitrogens with one attached hydrogen (secondary N) is 1. The lowest BCUT2D eigenvalue weighted by Gasteiger charge is -2.34. The van der Waals surface area contributed by atoms with Gasteiger partial charge in [-0.15, -0.1) is 11.8 Å². The lowest BCUT2D eigenvalue weighted by Crippen LogP contribution is -2.46. The maximum Gasteiger partial charge on any atom is 0.313 e. The van der Waals surface area contributed by atoms with Gasteiger partial charge in [-0.3, -0.25) is 14.4 Å². The van der Waals surface area contributed by atoms with E-state index < -0.39 is 12.0 Å². The molecule has 2 rings (SSSR count). The van der Waals surface area contributed by atoms with Crippen LogP contribution in [0.2, 0.25) is 0 Å². The van der Waals surface area contributed by atoms with Gasteiger partial charge in [-0.05, 0) is 18.4 Å². The van der Waals surface area contributed by atoms with Crippen molar-refractivity contribution in [2.45, 2.75) is 25.3 Å². The Bertz CT molecular complexity index is 579. The number of hydrogen-bond donors (Lipinski definition) is 2. The van der Waals surface area contributed by atoms with Crippen LogP contribution in [-0.2, 0) is 14.4 Å². The van der Waals surface area contributed by atoms with E-state index in [-0.39, 0.29) is 17.6 Å². The molecule has 24 heavy (non-hydrogen) atoms. The Hall–Kier alpha value is -2.02. The van der Waals surface area contributed by atoms with Crippen LogP contribution in [0.1, 0.15) is 30.9 Å². The first-order chi connectivity index (χ1) is 11.6. The standard InChI is InChI=1S/C17H22N2O4S/c20-14-8-4-5-10-19(14)16(13-6-2-1-3-7-13)17(23)18-9-11-24-12-15(21)22/h1-3,6-7,16H,4-5,8-12H2,(H,18,23)(H,21,22). The van der Waals surface area contributed by atoms with E-state index in [9.17, 15) is 14.4 Å². The van der Waals surface area contributed by atoms with Gasteiger partial charge in [0, 0.05) is 25.3 Å². The molecule has 1 aliphatic heterocycles. The monoisotopic (exact) mass is 350 g/mol. The van der Waals surface area contributed by atoms with Crippen molar-refractivity contribution in [3.63, 3.8) is 0 Å². The normalized spacial score (nSPS) is 15.8. The molecule has 0 aliphatic carbocycles. The number of carbonyl (C=O) groups is 3. The zero-order chi connectivity index (χ0) is 17.4. The van der Waals surface area contributed by atoms with E-state index in [4.69, 9.17) is 5.11 Å². The molecule has 0 aromatic heterocycles. The second-order valence-corrected chi connectivity index (χ2v) is 6.70. The van der Waals surface area contributed by atoms with Gasteiger partial charge in [0.05, 0.1) is 5.75 Å². The average Bonchev–Trinajstić information content (AvgIpc) is 2.57. The molecule has 1 atom stereocenters. The molecule has 2 amide bonds. The van der Waals surface area contributed by atoms with Gasteiger partial charge in [0.15, 0.2) is 0 Å². The van der Waals surface area contributed by atoms with E-state index in [0.29, 0.717) is 25.3 Å². The largest absolute Gasteiger partial charge is 0.481 e. The average molecular weight is 350 g/mol. The number of carboxylic acids is 1. The zero-order valence-electron chi connectivity index (χ0n) is 13.4. The van der Waals surface area contributed by atoms with Gasteiger partial charge in [0.25, 0.3) is 0 Å². The van der Waals surface area contributed by atoms with Crippen molar-refractivity contribution in [1.82, 2.24) is 10.2 Å². The van der Waals surface area contributed by atoms with Crippen molar-refractivity contribution >= 4 is 29.5 Å². The van der Waals surface area contributed by atoms with Crippen LogP contribution in [0.25, 0.3) is 0 Å². The van der Waals surface area contributed by atoms with Crippen molar-refractivity contribution in [3.05, 3.63) is 35.9 Å². The van der Waals surface area contributed by atoms with Crippen LogP contribution in [0, 0.1) is 0 Å². The third-order valence-electron chi connectivity index (χ3n) is 3.81. The molecule has 2 N–H and O–H groups in total. The van der Waals surface area contributed by atoms with Crippen LogP contribution in [0.4, 0.5) is 0 Å². The van der Waals surface area contributed by atoms with E-state index in [2.05, 4.69) is 5.32 Å². The first kappa shape index (κ1) is 18.3. The van der Waals surface area contributed by atoms with Crippen LogP contribution in [0.3, 0.4) is 0 Å². The Labute approximate surface area is 145 Å². The number of amides is 2. The molecule has 1 aromatic carbocycles. The van der Waals surface area contributed by atoms with Gasteiger partial charge >= 0.3 is 5.97 Å². The minimum atomic E-state index is -0.868. The van der Waals surface area contributed by atoms with E-state index >= 15 is 0 Å². The predicted molar refractivity (Wildman–Crippen MR) is 92.7 cm³/mol. The van der Waals surface area contributed by atoms with Gasteiger partial charge < -0.3 is 15.3 Å². The van der Waals surface area contributed by atoms with Crippen molar-refractivity contribution in [2.75, 3.05) is 24.6 Å². The number of aliphatic carboxylic acids is 1. The van der Waals surface area contributed by atoms with Crippen LogP contribution < -0.4 is 5.32 Å². The summed E-state index contributed by atoms with van der Waals surface area (Å²) in [6.07, 6.45) is 2.24. The lowest BCUT2D eigenvalue weighted by molar-refractivity contribution is -0.142. The Balaban J connectivity index is 2.01. The first-order valence-electron chi connectivity index (χ1n) is 8.01. The molecular weight excluding hydrogens is 328 g/mol. The van der Waals surface area contributed by atoms with E-state index in [1.807, 2.05) is 30.3 Å². The fourth-order valence-electron chi connectivity index (χ4n) is 2.71. The smallest absolute Gasteiger partial charge is 0.313 e. The zero-order valence-corrected chi connectivity index (χ0v) is 14.3. The number of benzene rings is 1. The number of piperidine rings is 1. The Kier molecular flexibility index (Phi) is 7.11. The molecule has 1 saturated heterocycles. The van der Waals surface area contributed by atoms with Gasteiger partial charge in [-0.1, -0.05) is 30.3 Å². The summed E-state index contributed by atoms with van der Waals surface area (Å²) >= 11 is 1.25. The summed E-state index contributed by atoms with van der Waals surface area (Å²) in [5.74, 6) is -0.541. The first-order valence-corrected chi connectivity index (χ1v) is 9.16. The molecule has 1 aromatic rings. The highest BCUT2D eigenvalue weighted by Gasteiger charge is 2.32. The summed E-state index contributed by atoms with van der Waals surface area (Å²) in [4.78, 5) is 37.0. The van der Waals surface area contributed by atoms with Crippen molar-refractivity contribution < 1.29 is 19.5 Å². The highest BCUT2D eigenvalue weighted by Crippen LogP contribution is 2.25. The predicted octanol–water partition coefficient (Wildman–Crippen LogP) is 1.67. The third kappa shape index (κ3) is 5.26. The Morgan fingerprint density at radius 3 is 2.67 bits per heavy atom. The van der Waals surface area contributed by atoms with Crippen LogP contribution >= 0.6 is 11.8 Å². The van der Waals surface area contributed by atoms with Crippen molar-refractivity contribution in [3.8, 4) is 0 Å². The second-order valence-electron chi connectivity index (χ2n) is 5.59. The molecule has 6 nitrogen and oxygen atoms in total. The molecule has 0 bridgehead atoms. The molecule has 7 heteroatoms. The van der Waals surface area contributed by atoms with E-state index in [1.54, 1.807) is 4.90 Å². The van der Waals surface area contributed by atoms with Crippen LogP contribution in [0.5, 0.6) is 0 Å². The summed E-state index contributed by atoms with van der Waals surface area (Å²) in [5, 5.41) is 11.4. The number of likely N-dealkylation sites (tertiary alicyclic amines) is 1. The van der Waals surface area contributed by atoms with Gasteiger partial charge in [-0.2, -0.15) is 0 Å². The SMILES string of the molecule is O=C(O)CSCCNC(=O)C(c1ccccc1)N1CCCCC1=O. The molecule has 1 fully saturated rings. The van der Waals surface area contributed by atoms with Crippen LogP contribution in [0.15, 0.2) is 30.3 Å². The second kappa shape index (κ2) is 9.32. The highest BCUT2D eigenvalue weighted by atomic mass is 32.2. The maximum absolute atomic E-state index is 12.7. The van der Waals surface area contributed by atoms with Gasteiger partial charge in [0.1, 0.15) is 6.04 Å². The number of nitrogens with zero attached hydrogens (tertiary/aromatic N) is 1. The maximum atomic E-state index is 12.7. The number of rotatable bonds is 8. The van der Waals surface area contributed by atoms with Crippen LogP contribution in [-0.4, -0.2) is 52.4 Å². The molecule has 1 aliphatic rings. The topological polar surface area (TPSA) is 86.7 Å². The van der Waals surface area contributed by atoms with Gasteiger partial charge in [-0.25, -0.2) is 0 Å². The fourth-order valence-corrected chi connectivity index (χ4v) is 3.28. The summed E-state index contributed by atoms with van der Waals surface area (Å²) in [7, 11) is 0. The quantitative estimate of drug-likeness (QED) is 0.697. The fraction of sp³-hybridized carbons (Fsp3) is 0.471. The Morgan fingerprint density at radius 1 is 1.25 bits per heavy atom. The molecule has 130 valence electrons. The lowest BCUT2D eigenvalue weighted by atomic mass is 10.0. The van der Waals surface area contributed by atoms with Gasteiger partial charge in [0.2, 0.25) is 11.8 Å². The van der Waals surface area contributed by atoms with E-state index in [0.717, 1.165) is 18.4 Å². The number of carbonyl (C=O) groups excluding carboxylic acids is 2. The molecular formula is C17H22N2O4S. The minimum absolute atomic E-state index is 0.00510. The summed E-state index contributed by atoms with van der Waals surface area (Å²) < 4.78 is 0. The molecule has 0 saturated carbocycles. The van der Waals surface area contributed by atoms with Crippen molar-refractivity contribution in [2.24, 2.45) is 0 Å². The summed E-state index contributed by atoms with van der Waals surface area (Å²) in [6.45, 7) is 0.960. The number of hydrogen-bond acceptors (Lipinski definition) is 4. The molecule has 1 heterocycles. The summed E-state index contributed by atoms with van der Waals surface area (Å²) in [6, 6.07) is 8.67. The minimum Gasteiger partial charge on any atom is -0.481 e. The molecule has 0 radical (unpaired) electrons. The molecule has 1 unspecified atom stereocenters. The Morgan fingerprint density at radius 2 is 2.00 bits per heavy atom.